The Hall–Kier alpha value is -2.05. The molecule has 1 heterocycles. The molecule has 4 nitrogen and oxygen atoms in total. The second kappa shape index (κ2) is 4.01. The fourth-order valence-corrected chi connectivity index (χ4v) is 1.58. The first-order chi connectivity index (χ1) is 8.30. The predicted octanol–water partition coefficient (Wildman–Crippen LogP) is 2.49. The van der Waals surface area contributed by atoms with Crippen LogP contribution in [0.3, 0.4) is 0 Å². The van der Waals surface area contributed by atoms with Gasteiger partial charge in [0.25, 0.3) is 0 Å². The Kier molecular flexibility index (Phi) is 2.76. The molecule has 7 heteroatoms. The fourth-order valence-electron chi connectivity index (χ4n) is 1.58. The van der Waals surface area contributed by atoms with E-state index < -0.39 is 11.7 Å². The number of hydrogen-bond acceptors (Lipinski definition) is 3. The Morgan fingerprint density at radius 3 is 2.39 bits per heavy atom. The molecular weight excluding hydrogens is 245 g/mol. The molecule has 0 aliphatic heterocycles. The van der Waals surface area contributed by atoms with E-state index in [0.29, 0.717) is 16.9 Å². The van der Waals surface area contributed by atoms with E-state index >= 15 is 0 Å². The molecule has 0 fully saturated rings. The van der Waals surface area contributed by atoms with Gasteiger partial charge < -0.3 is 5.73 Å². The first-order valence-electron chi connectivity index (χ1n) is 5.16. The van der Waals surface area contributed by atoms with Crippen molar-refractivity contribution in [2.75, 3.05) is 5.73 Å². The van der Waals surface area contributed by atoms with Gasteiger partial charge in [0.1, 0.15) is 0 Å². The number of aromatic nitrogens is 3. The number of aryl methyl sites for hydroxylation is 1. The number of nitrogen functional groups attached to an aromatic ring is 1. The van der Waals surface area contributed by atoms with Crippen molar-refractivity contribution in [2.45, 2.75) is 20.0 Å². The molecule has 0 amide bonds. The highest BCUT2D eigenvalue weighted by molar-refractivity contribution is 5.47. The molecule has 0 unspecified atom stereocenters. The summed E-state index contributed by atoms with van der Waals surface area (Å²) in [6, 6.07) is 3.47. The molecule has 0 radical (unpaired) electrons. The Morgan fingerprint density at radius 1 is 1.22 bits per heavy atom. The summed E-state index contributed by atoms with van der Waals surface area (Å²) in [5.74, 6) is 0.201. The average molecular weight is 256 g/mol. The molecule has 2 aromatic rings. The molecule has 0 spiro atoms. The maximum absolute atomic E-state index is 12.7. The zero-order valence-corrected chi connectivity index (χ0v) is 9.78. The van der Waals surface area contributed by atoms with E-state index in [1.807, 2.05) is 0 Å². The van der Waals surface area contributed by atoms with Gasteiger partial charge in [0.15, 0.2) is 5.82 Å². The Bertz CT molecular complexity index is 586. The zero-order valence-electron chi connectivity index (χ0n) is 9.78. The van der Waals surface area contributed by atoms with Crippen LogP contribution in [0.25, 0.3) is 5.69 Å². The topological polar surface area (TPSA) is 56.7 Å². The standard InChI is InChI=1S/C11H11F3N4/c1-6-3-4-8(11(12,13)14)5-9(6)18-7(2)10(15)16-17-18/h3-5H,15H2,1-2H3. The minimum Gasteiger partial charge on any atom is -0.381 e. The third-order valence-corrected chi connectivity index (χ3v) is 2.69. The molecule has 0 saturated carbocycles. The molecule has 1 aromatic heterocycles. The van der Waals surface area contributed by atoms with Crippen LogP contribution in [0, 0.1) is 13.8 Å². The van der Waals surface area contributed by atoms with Gasteiger partial charge in [0, 0.05) is 0 Å². The minimum atomic E-state index is -4.39. The Labute approximate surface area is 101 Å². The molecule has 0 aliphatic carbocycles. The average Bonchev–Trinajstić information content (AvgIpc) is 2.59. The van der Waals surface area contributed by atoms with Crippen LogP contribution in [0.1, 0.15) is 16.8 Å². The first kappa shape index (κ1) is 12.4. The van der Waals surface area contributed by atoms with Gasteiger partial charge in [-0.25, -0.2) is 4.68 Å². The molecular formula is C11H11F3N4. The van der Waals surface area contributed by atoms with E-state index in [1.54, 1.807) is 13.8 Å². The van der Waals surface area contributed by atoms with Gasteiger partial charge in [-0.05, 0) is 31.5 Å². The minimum absolute atomic E-state index is 0.201. The molecule has 18 heavy (non-hydrogen) atoms. The van der Waals surface area contributed by atoms with E-state index in [2.05, 4.69) is 10.3 Å². The van der Waals surface area contributed by atoms with Gasteiger partial charge >= 0.3 is 6.18 Å². The predicted molar refractivity (Wildman–Crippen MR) is 60.2 cm³/mol. The van der Waals surface area contributed by atoms with Gasteiger partial charge in [-0.15, -0.1) is 5.10 Å². The van der Waals surface area contributed by atoms with Crippen LogP contribution in [0.4, 0.5) is 19.0 Å². The molecule has 2 rings (SSSR count). The lowest BCUT2D eigenvalue weighted by Crippen LogP contribution is -2.08. The third kappa shape index (κ3) is 2.03. The van der Waals surface area contributed by atoms with Crippen molar-refractivity contribution >= 4 is 5.82 Å². The number of alkyl halides is 3. The number of rotatable bonds is 1. The molecule has 96 valence electrons. The SMILES string of the molecule is Cc1ccc(C(F)(F)F)cc1-n1nnc(N)c1C. The van der Waals surface area contributed by atoms with Crippen LogP contribution >= 0.6 is 0 Å². The van der Waals surface area contributed by atoms with Crippen LogP contribution in [-0.4, -0.2) is 15.0 Å². The highest BCUT2D eigenvalue weighted by Crippen LogP contribution is 2.31. The van der Waals surface area contributed by atoms with Crippen LogP contribution in [0.5, 0.6) is 0 Å². The summed E-state index contributed by atoms with van der Waals surface area (Å²) in [6.45, 7) is 3.35. The number of nitrogens with zero attached hydrogens (tertiary/aromatic N) is 3. The molecule has 2 N–H and O–H groups in total. The summed E-state index contributed by atoms with van der Waals surface area (Å²) in [5.41, 5.74) is 6.31. The van der Waals surface area contributed by atoms with Crippen molar-refractivity contribution in [3.8, 4) is 5.69 Å². The fraction of sp³-hybridized carbons (Fsp3) is 0.273. The van der Waals surface area contributed by atoms with Crippen molar-refractivity contribution in [1.29, 1.82) is 0 Å². The number of nitrogens with two attached hydrogens (primary N) is 1. The Morgan fingerprint density at radius 2 is 1.89 bits per heavy atom. The largest absolute Gasteiger partial charge is 0.416 e. The third-order valence-electron chi connectivity index (χ3n) is 2.69. The van der Waals surface area contributed by atoms with E-state index in [1.165, 1.54) is 10.7 Å². The van der Waals surface area contributed by atoms with Crippen molar-refractivity contribution in [3.05, 3.63) is 35.0 Å². The van der Waals surface area contributed by atoms with E-state index in [0.717, 1.165) is 12.1 Å². The maximum Gasteiger partial charge on any atom is 0.416 e. The van der Waals surface area contributed by atoms with Crippen molar-refractivity contribution in [1.82, 2.24) is 15.0 Å². The van der Waals surface area contributed by atoms with Crippen LogP contribution in [-0.2, 0) is 6.18 Å². The van der Waals surface area contributed by atoms with E-state index in [9.17, 15) is 13.2 Å². The normalized spacial score (nSPS) is 11.8. The summed E-state index contributed by atoms with van der Waals surface area (Å²) in [6.07, 6.45) is -4.39. The number of hydrogen-bond donors (Lipinski definition) is 1. The number of halogens is 3. The second-order valence-corrected chi connectivity index (χ2v) is 3.97. The summed E-state index contributed by atoms with van der Waals surface area (Å²) in [7, 11) is 0. The summed E-state index contributed by atoms with van der Waals surface area (Å²) in [4.78, 5) is 0. The van der Waals surface area contributed by atoms with Crippen LogP contribution in [0.15, 0.2) is 18.2 Å². The van der Waals surface area contributed by atoms with Crippen molar-refractivity contribution < 1.29 is 13.2 Å². The smallest absolute Gasteiger partial charge is 0.381 e. The first-order valence-corrected chi connectivity index (χ1v) is 5.16. The van der Waals surface area contributed by atoms with Gasteiger partial charge in [0.05, 0.1) is 16.9 Å². The van der Waals surface area contributed by atoms with E-state index in [-0.39, 0.29) is 5.82 Å². The number of benzene rings is 1. The van der Waals surface area contributed by atoms with Gasteiger partial charge in [-0.3, -0.25) is 0 Å². The van der Waals surface area contributed by atoms with Crippen LogP contribution < -0.4 is 5.73 Å². The number of anilines is 1. The lowest BCUT2D eigenvalue weighted by molar-refractivity contribution is -0.137. The van der Waals surface area contributed by atoms with Crippen molar-refractivity contribution in [3.63, 3.8) is 0 Å². The quantitative estimate of drug-likeness (QED) is 0.852. The zero-order chi connectivity index (χ0) is 13.5. The molecule has 1 aromatic carbocycles. The Balaban J connectivity index is 2.61. The summed E-state index contributed by atoms with van der Waals surface area (Å²) < 4.78 is 39.3. The molecule has 0 aliphatic rings. The van der Waals surface area contributed by atoms with Gasteiger partial charge in [-0.1, -0.05) is 11.3 Å². The highest BCUT2D eigenvalue weighted by Gasteiger charge is 2.31. The van der Waals surface area contributed by atoms with Gasteiger partial charge in [-0.2, -0.15) is 13.2 Å². The lowest BCUT2D eigenvalue weighted by Gasteiger charge is -2.12. The monoisotopic (exact) mass is 256 g/mol. The highest BCUT2D eigenvalue weighted by atomic mass is 19.4. The molecule has 0 saturated heterocycles. The van der Waals surface area contributed by atoms with E-state index in [4.69, 9.17) is 5.73 Å². The summed E-state index contributed by atoms with van der Waals surface area (Å²) in [5, 5.41) is 7.38. The van der Waals surface area contributed by atoms with Crippen LogP contribution in [0.2, 0.25) is 0 Å². The second-order valence-electron chi connectivity index (χ2n) is 3.97. The lowest BCUT2D eigenvalue weighted by atomic mass is 10.1. The van der Waals surface area contributed by atoms with Gasteiger partial charge in [0.2, 0.25) is 0 Å². The summed E-state index contributed by atoms with van der Waals surface area (Å²) >= 11 is 0. The van der Waals surface area contributed by atoms with Crippen molar-refractivity contribution in [2.24, 2.45) is 0 Å². The molecule has 0 bridgehead atoms. The maximum atomic E-state index is 12.7. The molecule has 0 atom stereocenters.